The van der Waals surface area contributed by atoms with Crippen LogP contribution < -0.4 is 15.6 Å². The molecule has 2 aromatic carbocycles. The minimum absolute atomic E-state index is 0.0189. The molecule has 0 unspecified atom stereocenters. The SMILES string of the molecule is O=S(=O)(NNC(=S)Nc1cc(Cl)ccc1Cl)c1cc(Cl)ccc1Cl. The Morgan fingerprint density at radius 2 is 1.50 bits per heavy atom. The van der Waals surface area contributed by atoms with E-state index in [1.165, 1.54) is 18.2 Å². The summed E-state index contributed by atoms with van der Waals surface area (Å²) in [6.07, 6.45) is 0. The van der Waals surface area contributed by atoms with Crippen molar-refractivity contribution in [3.05, 3.63) is 56.5 Å². The van der Waals surface area contributed by atoms with Crippen LogP contribution in [0.5, 0.6) is 0 Å². The van der Waals surface area contributed by atoms with Gasteiger partial charge in [-0.25, -0.2) is 8.42 Å². The Balaban J connectivity index is 2.08. The van der Waals surface area contributed by atoms with Gasteiger partial charge in [0.25, 0.3) is 10.0 Å². The van der Waals surface area contributed by atoms with E-state index < -0.39 is 10.0 Å². The van der Waals surface area contributed by atoms with Crippen LogP contribution in [0.3, 0.4) is 0 Å². The topological polar surface area (TPSA) is 70.2 Å². The molecular formula is C13H9Cl4N3O2S2. The van der Waals surface area contributed by atoms with Gasteiger partial charge in [-0.05, 0) is 48.6 Å². The van der Waals surface area contributed by atoms with E-state index in [9.17, 15) is 8.42 Å². The number of halogens is 4. The van der Waals surface area contributed by atoms with Crippen LogP contribution in [0.1, 0.15) is 0 Å². The molecule has 2 aromatic rings. The fraction of sp³-hybridized carbons (Fsp3) is 0. The lowest BCUT2D eigenvalue weighted by Gasteiger charge is -2.14. The maximum atomic E-state index is 12.2. The van der Waals surface area contributed by atoms with Crippen LogP contribution in [-0.4, -0.2) is 13.5 Å². The molecule has 0 aromatic heterocycles. The number of benzene rings is 2. The standard InChI is InChI=1S/C13H9Cl4N3O2S2/c14-7-1-3-9(16)11(5-7)18-13(23)19-20-24(21,22)12-6-8(15)2-4-10(12)17/h1-6,20H,(H2,18,19,23). The van der Waals surface area contributed by atoms with Crippen molar-refractivity contribution in [3.63, 3.8) is 0 Å². The summed E-state index contributed by atoms with van der Waals surface area (Å²) in [6, 6.07) is 8.79. The predicted octanol–water partition coefficient (Wildman–Crippen LogP) is 4.48. The Bertz CT molecular complexity index is 891. The smallest absolute Gasteiger partial charge is 0.258 e. The molecule has 128 valence electrons. The predicted molar refractivity (Wildman–Crippen MR) is 103 cm³/mol. The van der Waals surface area contributed by atoms with E-state index in [1.807, 2.05) is 0 Å². The van der Waals surface area contributed by atoms with Gasteiger partial charge in [0.15, 0.2) is 5.11 Å². The maximum Gasteiger partial charge on any atom is 0.258 e. The first-order chi connectivity index (χ1) is 11.2. The van der Waals surface area contributed by atoms with Gasteiger partial charge in [-0.2, -0.15) is 0 Å². The number of sulfonamides is 1. The lowest BCUT2D eigenvalue weighted by atomic mass is 10.3. The number of hydrazine groups is 1. The highest BCUT2D eigenvalue weighted by atomic mass is 35.5. The van der Waals surface area contributed by atoms with Gasteiger partial charge in [-0.3, -0.25) is 5.43 Å². The third-order valence-electron chi connectivity index (χ3n) is 2.66. The molecule has 0 aliphatic heterocycles. The van der Waals surface area contributed by atoms with Gasteiger partial charge in [0.2, 0.25) is 0 Å². The zero-order valence-electron chi connectivity index (χ0n) is 11.6. The zero-order chi connectivity index (χ0) is 17.9. The molecule has 0 saturated heterocycles. The summed E-state index contributed by atoms with van der Waals surface area (Å²) < 4.78 is 24.5. The average Bonchev–Trinajstić information content (AvgIpc) is 2.51. The molecule has 5 nitrogen and oxygen atoms in total. The Morgan fingerprint density at radius 1 is 0.917 bits per heavy atom. The summed E-state index contributed by atoms with van der Waals surface area (Å²) in [7, 11) is -3.98. The summed E-state index contributed by atoms with van der Waals surface area (Å²) in [4.78, 5) is 1.91. The number of hydrogen-bond donors (Lipinski definition) is 3. The molecule has 2 rings (SSSR count). The van der Waals surface area contributed by atoms with E-state index in [1.54, 1.807) is 18.2 Å². The minimum atomic E-state index is -3.98. The monoisotopic (exact) mass is 443 g/mol. The first-order valence-electron chi connectivity index (χ1n) is 6.18. The third kappa shape index (κ3) is 5.10. The van der Waals surface area contributed by atoms with Crippen molar-refractivity contribution in [2.24, 2.45) is 0 Å². The quantitative estimate of drug-likeness (QED) is 0.479. The first-order valence-corrected chi connectivity index (χ1v) is 9.58. The highest BCUT2D eigenvalue weighted by Gasteiger charge is 2.18. The fourth-order valence-corrected chi connectivity index (χ4v) is 3.77. The van der Waals surface area contributed by atoms with E-state index in [-0.39, 0.29) is 20.1 Å². The number of anilines is 1. The van der Waals surface area contributed by atoms with Crippen molar-refractivity contribution in [3.8, 4) is 0 Å². The van der Waals surface area contributed by atoms with Crippen molar-refractivity contribution in [1.29, 1.82) is 0 Å². The Hall–Kier alpha value is -0.800. The molecule has 0 spiro atoms. The first kappa shape index (κ1) is 19.5. The summed E-state index contributed by atoms with van der Waals surface area (Å²) in [5, 5.41) is 3.73. The van der Waals surface area contributed by atoms with Crippen LogP contribution in [0.15, 0.2) is 41.3 Å². The molecule has 0 bridgehead atoms. The fourth-order valence-electron chi connectivity index (χ4n) is 1.60. The maximum absolute atomic E-state index is 12.2. The van der Waals surface area contributed by atoms with Crippen LogP contribution >= 0.6 is 58.6 Å². The summed E-state index contributed by atoms with van der Waals surface area (Å²) in [5.74, 6) is 0. The third-order valence-corrected chi connectivity index (χ3v) is 5.39. The Labute approximate surface area is 164 Å². The number of nitrogens with one attached hydrogen (secondary N) is 3. The molecule has 0 atom stereocenters. The second-order valence-corrected chi connectivity index (χ2v) is 8.13. The zero-order valence-corrected chi connectivity index (χ0v) is 16.3. The molecular weight excluding hydrogens is 436 g/mol. The van der Waals surface area contributed by atoms with Crippen LogP contribution in [0.25, 0.3) is 0 Å². The van der Waals surface area contributed by atoms with E-state index in [0.717, 1.165) is 0 Å². The molecule has 0 radical (unpaired) electrons. The van der Waals surface area contributed by atoms with Crippen molar-refractivity contribution >= 4 is 79.4 Å². The van der Waals surface area contributed by atoms with Crippen molar-refractivity contribution < 1.29 is 8.42 Å². The molecule has 3 N–H and O–H groups in total. The molecule has 0 amide bonds. The highest BCUT2D eigenvalue weighted by molar-refractivity contribution is 7.89. The summed E-state index contributed by atoms with van der Waals surface area (Å²) in [6.45, 7) is 0. The van der Waals surface area contributed by atoms with Crippen LogP contribution in [0.4, 0.5) is 5.69 Å². The van der Waals surface area contributed by atoms with E-state index >= 15 is 0 Å². The van der Waals surface area contributed by atoms with Gasteiger partial charge in [0.05, 0.1) is 15.7 Å². The average molecular weight is 445 g/mol. The van der Waals surface area contributed by atoms with Gasteiger partial charge in [0, 0.05) is 10.0 Å². The molecule has 0 heterocycles. The number of hydrogen-bond acceptors (Lipinski definition) is 3. The number of thiocarbonyl (C=S) groups is 1. The van der Waals surface area contributed by atoms with E-state index in [4.69, 9.17) is 58.6 Å². The van der Waals surface area contributed by atoms with Crippen LogP contribution in [-0.2, 0) is 10.0 Å². The minimum Gasteiger partial charge on any atom is -0.330 e. The van der Waals surface area contributed by atoms with Gasteiger partial charge >= 0.3 is 0 Å². The molecule has 0 aliphatic rings. The Kier molecular flexibility index (Phi) is 6.55. The second kappa shape index (κ2) is 8.05. The lowest BCUT2D eigenvalue weighted by Crippen LogP contribution is -2.43. The van der Waals surface area contributed by atoms with Crippen molar-refractivity contribution in [1.82, 2.24) is 10.3 Å². The largest absolute Gasteiger partial charge is 0.330 e. The van der Waals surface area contributed by atoms with E-state index in [0.29, 0.717) is 15.7 Å². The molecule has 0 aliphatic carbocycles. The van der Waals surface area contributed by atoms with Gasteiger partial charge in [0.1, 0.15) is 4.90 Å². The van der Waals surface area contributed by atoms with Crippen LogP contribution in [0.2, 0.25) is 20.1 Å². The molecule has 24 heavy (non-hydrogen) atoms. The molecule has 11 heteroatoms. The second-order valence-electron chi connectivity index (χ2n) is 4.38. The van der Waals surface area contributed by atoms with Gasteiger partial charge in [-0.15, -0.1) is 4.83 Å². The summed E-state index contributed by atoms with van der Waals surface area (Å²) >= 11 is 28.5. The van der Waals surface area contributed by atoms with Gasteiger partial charge in [-0.1, -0.05) is 46.4 Å². The van der Waals surface area contributed by atoms with Crippen molar-refractivity contribution in [2.45, 2.75) is 4.90 Å². The van der Waals surface area contributed by atoms with E-state index in [2.05, 4.69) is 15.6 Å². The highest BCUT2D eigenvalue weighted by Crippen LogP contribution is 2.26. The lowest BCUT2D eigenvalue weighted by molar-refractivity contribution is 0.578. The van der Waals surface area contributed by atoms with Gasteiger partial charge < -0.3 is 5.32 Å². The Morgan fingerprint density at radius 3 is 2.17 bits per heavy atom. The van der Waals surface area contributed by atoms with Crippen LogP contribution in [0, 0.1) is 0 Å². The summed E-state index contributed by atoms with van der Waals surface area (Å²) in [5.41, 5.74) is 2.76. The molecule has 0 fully saturated rings. The normalized spacial score (nSPS) is 11.2. The van der Waals surface area contributed by atoms with Crippen molar-refractivity contribution in [2.75, 3.05) is 5.32 Å². The number of rotatable bonds is 4. The molecule has 0 saturated carbocycles.